The van der Waals surface area contributed by atoms with Crippen molar-refractivity contribution in [1.82, 2.24) is 10.2 Å². The molecule has 3 heteroatoms. The van der Waals surface area contributed by atoms with Crippen LogP contribution in [0.2, 0.25) is 0 Å². The molecule has 1 N–H and O–H groups in total. The Hall–Kier alpha value is -0.930. The van der Waals surface area contributed by atoms with Gasteiger partial charge in [0.2, 0.25) is 0 Å². The van der Waals surface area contributed by atoms with E-state index in [1.165, 1.54) is 50.9 Å². The second kappa shape index (κ2) is 6.23. The van der Waals surface area contributed by atoms with Gasteiger partial charge in [-0.15, -0.1) is 0 Å². The second-order valence-corrected chi connectivity index (χ2v) is 6.49. The van der Waals surface area contributed by atoms with Crippen molar-refractivity contribution < 1.29 is 4.39 Å². The van der Waals surface area contributed by atoms with Gasteiger partial charge in [0.25, 0.3) is 0 Å². The van der Waals surface area contributed by atoms with Crippen LogP contribution < -0.4 is 5.32 Å². The van der Waals surface area contributed by atoms with Crippen molar-refractivity contribution in [2.24, 2.45) is 0 Å². The van der Waals surface area contributed by atoms with Crippen molar-refractivity contribution in [3.8, 4) is 0 Å². The topological polar surface area (TPSA) is 15.3 Å². The van der Waals surface area contributed by atoms with Gasteiger partial charge in [-0.3, -0.25) is 0 Å². The first-order chi connectivity index (χ1) is 9.70. The summed E-state index contributed by atoms with van der Waals surface area (Å²) in [4.78, 5) is 2.56. The van der Waals surface area contributed by atoms with Gasteiger partial charge in [0.05, 0.1) is 0 Å². The van der Waals surface area contributed by atoms with E-state index in [2.05, 4.69) is 17.1 Å². The quantitative estimate of drug-likeness (QED) is 0.889. The standard InChI is InChI=1S/C17H25FN2/c1-13(12-20-8-2-3-9-20)19-17-10-15(11-17)14-4-6-16(18)7-5-14/h4-7,13,15,17,19H,2-3,8-12H2,1H3. The molecule has 3 rings (SSSR count). The number of hydrogen-bond donors (Lipinski definition) is 1. The normalized spacial score (nSPS) is 28.3. The molecular weight excluding hydrogens is 251 g/mol. The van der Waals surface area contributed by atoms with Crippen LogP contribution in [0.3, 0.4) is 0 Å². The van der Waals surface area contributed by atoms with E-state index in [1.54, 1.807) is 12.1 Å². The van der Waals surface area contributed by atoms with Gasteiger partial charge in [0.1, 0.15) is 5.82 Å². The van der Waals surface area contributed by atoms with Crippen LogP contribution in [-0.2, 0) is 0 Å². The largest absolute Gasteiger partial charge is 0.310 e. The molecule has 0 bridgehead atoms. The molecule has 2 nitrogen and oxygen atoms in total. The third-order valence-corrected chi connectivity index (χ3v) is 4.73. The molecule has 0 spiro atoms. The number of likely N-dealkylation sites (tertiary alicyclic amines) is 1. The molecule has 0 radical (unpaired) electrons. The van der Waals surface area contributed by atoms with Gasteiger partial charge in [-0.05, 0) is 69.3 Å². The molecule has 1 saturated carbocycles. The molecule has 2 aliphatic rings. The summed E-state index contributed by atoms with van der Waals surface area (Å²) >= 11 is 0. The summed E-state index contributed by atoms with van der Waals surface area (Å²) in [6, 6.07) is 8.24. The lowest BCUT2D eigenvalue weighted by Crippen LogP contribution is -2.48. The predicted molar refractivity (Wildman–Crippen MR) is 80.4 cm³/mol. The van der Waals surface area contributed by atoms with E-state index in [-0.39, 0.29) is 5.82 Å². The number of halogens is 1. The van der Waals surface area contributed by atoms with Gasteiger partial charge in [0, 0.05) is 18.6 Å². The van der Waals surface area contributed by atoms with E-state index >= 15 is 0 Å². The first-order valence-corrected chi connectivity index (χ1v) is 7.94. The van der Waals surface area contributed by atoms with E-state index in [0.29, 0.717) is 18.0 Å². The number of hydrogen-bond acceptors (Lipinski definition) is 2. The van der Waals surface area contributed by atoms with Crippen molar-refractivity contribution in [3.63, 3.8) is 0 Å². The maximum Gasteiger partial charge on any atom is 0.123 e. The summed E-state index contributed by atoms with van der Waals surface area (Å²) in [5.74, 6) is 0.481. The zero-order chi connectivity index (χ0) is 13.9. The number of rotatable bonds is 5. The minimum absolute atomic E-state index is 0.137. The first kappa shape index (κ1) is 14.0. The molecule has 2 fully saturated rings. The third kappa shape index (κ3) is 3.39. The van der Waals surface area contributed by atoms with Crippen LogP contribution in [0, 0.1) is 5.82 Å². The van der Waals surface area contributed by atoms with Crippen molar-refractivity contribution in [1.29, 1.82) is 0 Å². The Morgan fingerprint density at radius 1 is 1.20 bits per heavy atom. The van der Waals surface area contributed by atoms with Crippen LogP contribution in [0.1, 0.15) is 44.1 Å². The van der Waals surface area contributed by atoms with Crippen molar-refractivity contribution >= 4 is 0 Å². The SMILES string of the molecule is CC(CN1CCCC1)NC1CC(c2ccc(F)cc2)C1. The van der Waals surface area contributed by atoms with Crippen LogP contribution in [0.25, 0.3) is 0 Å². The van der Waals surface area contributed by atoms with Gasteiger partial charge >= 0.3 is 0 Å². The average Bonchev–Trinajstić information content (AvgIpc) is 2.87. The molecule has 1 saturated heterocycles. The van der Waals surface area contributed by atoms with E-state index in [9.17, 15) is 4.39 Å². The smallest absolute Gasteiger partial charge is 0.123 e. The lowest BCUT2D eigenvalue weighted by molar-refractivity contribution is 0.232. The monoisotopic (exact) mass is 276 g/mol. The van der Waals surface area contributed by atoms with E-state index in [0.717, 1.165) is 0 Å². The molecule has 1 unspecified atom stereocenters. The van der Waals surface area contributed by atoms with Crippen LogP contribution in [0.15, 0.2) is 24.3 Å². The summed E-state index contributed by atoms with van der Waals surface area (Å²) in [5.41, 5.74) is 1.29. The zero-order valence-corrected chi connectivity index (χ0v) is 12.3. The fraction of sp³-hybridized carbons (Fsp3) is 0.647. The van der Waals surface area contributed by atoms with Crippen LogP contribution in [-0.4, -0.2) is 36.6 Å². The Labute approximate surface area is 121 Å². The highest BCUT2D eigenvalue weighted by Gasteiger charge is 2.31. The van der Waals surface area contributed by atoms with Gasteiger partial charge in [0.15, 0.2) is 0 Å². The van der Waals surface area contributed by atoms with E-state index < -0.39 is 0 Å². The molecule has 110 valence electrons. The molecule has 1 aromatic carbocycles. The molecular formula is C17H25FN2. The molecule has 0 aromatic heterocycles. The summed E-state index contributed by atoms with van der Waals surface area (Å²) in [7, 11) is 0. The van der Waals surface area contributed by atoms with E-state index in [4.69, 9.17) is 0 Å². The molecule has 1 aliphatic carbocycles. The molecule has 0 amide bonds. The average molecular weight is 276 g/mol. The van der Waals surface area contributed by atoms with Crippen LogP contribution in [0.4, 0.5) is 4.39 Å². The number of nitrogens with zero attached hydrogens (tertiary/aromatic N) is 1. The Bertz CT molecular complexity index is 419. The summed E-state index contributed by atoms with van der Waals surface area (Å²) < 4.78 is 12.9. The second-order valence-electron chi connectivity index (χ2n) is 6.49. The van der Waals surface area contributed by atoms with E-state index in [1.807, 2.05) is 12.1 Å². The lowest BCUT2D eigenvalue weighted by atomic mass is 9.75. The highest BCUT2D eigenvalue weighted by Crippen LogP contribution is 2.37. The van der Waals surface area contributed by atoms with Crippen molar-refractivity contribution in [3.05, 3.63) is 35.6 Å². The zero-order valence-electron chi connectivity index (χ0n) is 12.3. The molecule has 1 atom stereocenters. The van der Waals surface area contributed by atoms with Gasteiger partial charge in [-0.2, -0.15) is 0 Å². The highest BCUT2D eigenvalue weighted by molar-refractivity contribution is 5.23. The molecule has 1 heterocycles. The fourth-order valence-corrected chi connectivity index (χ4v) is 3.57. The Balaban J connectivity index is 1.40. The maximum absolute atomic E-state index is 12.9. The first-order valence-electron chi connectivity index (χ1n) is 7.94. The summed E-state index contributed by atoms with van der Waals surface area (Å²) in [6.45, 7) is 6.02. The van der Waals surface area contributed by atoms with Gasteiger partial charge in [-0.1, -0.05) is 12.1 Å². The fourth-order valence-electron chi connectivity index (χ4n) is 3.57. The Morgan fingerprint density at radius 3 is 2.50 bits per heavy atom. The highest BCUT2D eigenvalue weighted by atomic mass is 19.1. The lowest BCUT2D eigenvalue weighted by Gasteiger charge is -2.38. The molecule has 1 aliphatic heterocycles. The number of benzene rings is 1. The maximum atomic E-state index is 12.9. The molecule has 20 heavy (non-hydrogen) atoms. The summed E-state index contributed by atoms with van der Waals surface area (Å²) in [5, 5.41) is 3.74. The molecule has 1 aromatic rings. The Kier molecular flexibility index (Phi) is 4.37. The van der Waals surface area contributed by atoms with Gasteiger partial charge < -0.3 is 10.2 Å². The van der Waals surface area contributed by atoms with Crippen LogP contribution >= 0.6 is 0 Å². The van der Waals surface area contributed by atoms with Crippen molar-refractivity contribution in [2.75, 3.05) is 19.6 Å². The third-order valence-electron chi connectivity index (χ3n) is 4.73. The Morgan fingerprint density at radius 2 is 1.85 bits per heavy atom. The number of nitrogens with one attached hydrogen (secondary N) is 1. The minimum Gasteiger partial charge on any atom is -0.310 e. The predicted octanol–water partition coefficient (Wildman–Crippen LogP) is 3.15. The minimum atomic E-state index is -0.137. The van der Waals surface area contributed by atoms with Crippen LogP contribution in [0.5, 0.6) is 0 Å². The summed E-state index contributed by atoms with van der Waals surface area (Å²) in [6.07, 6.45) is 5.11. The van der Waals surface area contributed by atoms with Crippen molar-refractivity contribution in [2.45, 2.75) is 50.6 Å². The van der Waals surface area contributed by atoms with Gasteiger partial charge in [-0.25, -0.2) is 4.39 Å².